The molecule has 1 aromatic carbocycles. The predicted octanol–water partition coefficient (Wildman–Crippen LogP) is 3.94. The monoisotopic (exact) mass is 283 g/mol. The molecule has 4 heteroatoms. The lowest BCUT2D eigenvalue weighted by Gasteiger charge is -2.06. The van der Waals surface area contributed by atoms with Crippen molar-refractivity contribution in [3.8, 4) is 0 Å². The summed E-state index contributed by atoms with van der Waals surface area (Å²) in [7, 11) is 1.92. The number of aromatic nitrogens is 2. The van der Waals surface area contributed by atoms with Crippen molar-refractivity contribution >= 4 is 27.4 Å². The first-order valence-electron chi connectivity index (χ1n) is 6.67. The second kappa shape index (κ2) is 5.21. The molecule has 3 rings (SSSR count). The molecular formula is C16H17N3S. The van der Waals surface area contributed by atoms with Gasteiger partial charge in [-0.05, 0) is 25.0 Å². The third-order valence-corrected chi connectivity index (χ3v) is 4.62. The first kappa shape index (κ1) is 13.1. The number of aryl methyl sites for hydroxylation is 2. The second-order valence-corrected chi connectivity index (χ2v) is 6.07. The Kier molecular flexibility index (Phi) is 3.40. The maximum atomic E-state index is 4.73. The van der Waals surface area contributed by atoms with Crippen LogP contribution in [0.2, 0.25) is 0 Å². The summed E-state index contributed by atoms with van der Waals surface area (Å²) in [5.74, 6) is 1.80. The predicted molar refractivity (Wildman–Crippen MR) is 85.7 cm³/mol. The van der Waals surface area contributed by atoms with Crippen molar-refractivity contribution in [2.75, 3.05) is 12.4 Å². The smallest absolute Gasteiger partial charge is 0.138 e. The van der Waals surface area contributed by atoms with Crippen LogP contribution in [0.5, 0.6) is 0 Å². The zero-order valence-corrected chi connectivity index (χ0v) is 12.7. The standard InChI is InChI=1S/C16H17N3S/c1-10-11(2)20-16-14(10)15(17-3)18-13(19-16)9-12-7-5-4-6-8-12/h4-8H,9H2,1-3H3,(H,17,18,19). The van der Waals surface area contributed by atoms with E-state index < -0.39 is 0 Å². The summed E-state index contributed by atoms with van der Waals surface area (Å²) in [4.78, 5) is 11.8. The molecule has 0 amide bonds. The molecule has 0 saturated heterocycles. The number of hydrogen-bond donors (Lipinski definition) is 1. The van der Waals surface area contributed by atoms with E-state index in [1.807, 2.05) is 25.2 Å². The van der Waals surface area contributed by atoms with Crippen LogP contribution in [0.15, 0.2) is 30.3 Å². The van der Waals surface area contributed by atoms with Gasteiger partial charge in [0.05, 0.1) is 5.39 Å². The Bertz CT molecular complexity index is 747. The van der Waals surface area contributed by atoms with Gasteiger partial charge in [-0.25, -0.2) is 9.97 Å². The summed E-state index contributed by atoms with van der Waals surface area (Å²) < 4.78 is 0. The highest BCUT2D eigenvalue weighted by molar-refractivity contribution is 7.18. The van der Waals surface area contributed by atoms with E-state index in [4.69, 9.17) is 4.98 Å². The van der Waals surface area contributed by atoms with Crippen molar-refractivity contribution in [3.05, 3.63) is 52.2 Å². The van der Waals surface area contributed by atoms with E-state index in [1.54, 1.807) is 11.3 Å². The number of nitrogens with zero attached hydrogens (tertiary/aromatic N) is 2. The van der Waals surface area contributed by atoms with E-state index >= 15 is 0 Å². The van der Waals surface area contributed by atoms with E-state index in [0.717, 1.165) is 28.3 Å². The molecule has 0 bridgehead atoms. The third-order valence-electron chi connectivity index (χ3n) is 3.52. The van der Waals surface area contributed by atoms with E-state index in [2.05, 4.69) is 36.3 Å². The maximum absolute atomic E-state index is 4.73. The van der Waals surface area contributed by atoms with Gasteiger partial charge in [0.15, 0.2) is 0 Å². The van der Waals surface area contributed by atoms with Gasteiger partial charge in [0.1, 0.15) is 16.5 Å². The highest BCUT2D eigenvalue weighted by Gasteiger charge is 2.13. The van der Waals surface area contributed by atoms with Gasteiger partial charge in [0.25, 0.3) is 0 Å². The van der Waals surface area contributed by atoms with Crippen molar-refractivity contribution in [1.29, 1.82) is 0 Å². The average molecular weight is 283 g/mol. The zero-order valence-electron chi connectivity index (χ0n) is 11.9. The first-order chi connectivity index (χ1) is 9.69. The Balaban J connectivity index is 2.09. The van der Waals surface area contributed by atoms with Crippen molar-refractivity contribution in [1.82, 2.24) is 9.97 Å². The summed E-state index contributed by atoms with van der Waals surface area (Å²) in [6.07, 6.45) is 0.765. The third kappa shape index (κ3) is 2.27. The molecule has 0 spiro atoms. The van der Waals surface area contributed by atoms with Crippen LogP contribution >= 0.6 is 11.3 Å². The molecule has 0 aliphatic carbocycles. The van der Waals surface area contributed by atoms with Gasteiger partial charge in [-0.3, -0.25) is 0 Å². The average Bonchev–Trinajstić information content (AvgIpc) is 2.74. The van der Waals surface area contributed by atoms with Gasteiger partial charge >= 0.3 is 0 Å². The van der Waals surface area contributed by atoms with Crippen molar-refractivity contribution < 1.29 is 0 Å². The highest BCUT2D eigenvalue weighted by Crippen LogP contribution is 2.33. The van der Waals surface area contributed by atoms with E-state index in [9.17, 15) is 0 Å². The van der Waals surface area contributed by atoms with Gasteiger partial charge in [-0.2, -0.15) is 0 Å². The number of anilines is 1. The van der Waals surface area contributed by atoms with Gasteiger partial charge in [-0.1, -0.05) is 30.3 Å². The fourth-order valence-electron chi connectivity index (χ4n) is 2.33. The Labute approximate surface area is 122 Å². The van der Waals surface area contributed by atoms with Gasteiger partial charge < -0.3 is 5.32 Å². The Morgan fingerprint density at radius 3 is 2.55 bits per heavy atom. The number of thiophene rings is 1. The minimum absolute atomic E-state index is 0.765. The lowest BCUT2D eigenvalue weighted by Crippen LogP contribution is -2.01. The molecule has 0 saturated carbocycles. The normalized spacial score (nSPS) is 10.9. The largest absolute Gasteiger partial charge is 0.372 e. The van der Waals surface area contributed by atoms with Crippen LogP contribution in [-0.2, 0) is 6.42 Å². The fourth-order valence-corrected chi connectivity index (χ4v) is 3.38. The van der Waals surface area contributed by atoms with Gasteiger partial charge in [-0.15, -0.1) is 11.3 Å². The summed E-state index contributed by atoms with van der Waals surface area (Å²) in [6.45, 7) is 4.27. The molecule has 0 fully saturated rings. The maximum Gasteiger partial charge on any atom is 0.138 e. The van der Waals surface area contributed by atoms with Crippen molar-refractivity contribution in [2.45, 2.75) is 20.3 Å². The molecule has 0 radical (unpaired) electrons. The highest BCUT2D eigenvalue weighted by atomic mass is 32.1. The number of hydrogen-bond acceptors (Lipinski definition) is 4. The molecule has 3 aromatic rings. The minimum atomic E-state index is 0.765. The topological polar surface area (TPSA) is 37.8 Å². The molecule has 0 atom stereocenters. The van der Waals surface area contributed by atoms with Crippen LogP contribution in [0.4, 0.5) is 5.82 Å². The molecule has 102 valence electrons. The van der Waals surface area contributed by atoms with Crippen LogP contribution in [-0.4, -0.2) is 17.0 Å². The van der Waals surface area contributed by atoms with Crippen molar-refractivity contribution in [3.63, 3.8) is 0 Å². The molecule has 2 aromatic heterocycles. The summed E-state index contributed by atoms with van der Waals surface area (Å²) in [5, 5.41) is 4.36. The van der Waals surface area contributed by atoms with Crippen LogP contribution in [0.25, 0.3) is 10.2 Å². The van der Waals surface area contributed by atoms with E-state index in [1.165, 1.54) is 16.0 Å². The van der Waals surface area contributed by atoms with E-state index in [0.29, 0.717) is 0 Å². The van der Waals surface area contributed by atoms with E-state index in [-0.39, 0.29) is 0 Å². The SMILES string of the molecule is CNc1nc(Cc2ccccc2)nc2sc(C)c(C)c12. The molecule has 0 unspecified atom stereocenters. The molecule has 2 heterocycles. The molecule has 1 N–H and O–H groups in total. The molecule has 20 heavy (non-hydrogen) atoms. The molecule has 0 aliphatic heterocycles. The number of fused-ring (bicyclic) bond motifs is 1. The zero-order chi connectivity index (χ0) is 14.1. The fraction of sp³-hybridized carbons (Fsp3) is 0.250. The molecule has 0 aliphatic rings. The number of nitrogens with one attached hydrogen (secondary N) is 1. The Hall–Kier alpha value is -1.94. The van der Waals surface area contributed by atoms with Crippen LogP contribution in [0.1, 0.15) is 21.8 Å². The lowest BCUT2D eigenvalue weighted by molar-refractivity contribution is 0.997. The van der Waals surface area contributed by atoms with Crippen LogP contribution < -0.4 is 5.32 Å². The minimum Gasteiger partial charge on any atom is -0.372 e. The van der Waals surface area contributed by atoms with Gasteiger partial charge in [0.2, 0.25) is 0 Å². The van der Waals surface area contributed by atoms with Gasteiger partial charge in [0, 0.05) is 18.3 Å². The Morgan fingerprint density at radius 2 is 1.85 bits per heavy atom. The summed E-state index contributed by atoms with van der Waals surface area (Å²) in [6, 6.07) is 10.3. The summed E-state index contributed by atoms with van der Waals surface area (Å²) >= 11 is 1.74. The Morgan fingerprint density at radius 1 is 1.10 bits per heavy atom. The van der Waals surface area contributed by atoms with Crippen molar-refractivity contribution in [2.24, 2.45) is 0 Å². The van der Waals surface area contributed by atoms with Crippen LogP contribution in [0.3, 0.4) is 0 Å². The second-order valence-electron chi connectivity index (χ2n) is 4.86. The molecular weight excluding hydrogens is 266 g/mol. The first-order valence-corrected chi connectivity index (χ1v) is 7.49. The van der Waals surface area contributed by atoms with Crippen LogP contribution in [0, 0.1) is 13.8 Å². The lowest BCUT2D eigenvalue weighted by atomic mass is 10.1. The summed E-state index contributed by atoms with van der Waals surface area (Å²) in [5.41, 5.74) is 2.51. The number of rotatable bonds is 3. The number of benzene rings is 1. The molecule has 3 nitrogen and oxygen atoms in total. The quantitative estimate of drug-likeness (QED) is 0.791.